The Balaban J connectivity index is 2.77. The molecule has 0 fully saturated rings. The number of amides is 1. The minimum atomic E-state index is -4.59. The van der Waals surface area contributed by atoms with Gasteiger partial charge in [0.1, 0.15) is 11.8 Å². The van der Waals surface area contributed by atoms with E-state index in [-0.39, 0.29) is 12.2 Å². The van der Waals surface area contributed by atoms with Gasteiger partial charge in [-0.2, -0.15) is 8.42 Å². The van der Waals surface area contributed by atoms with Crippen LogP contribution in [0.15, 0.2) is 24.3 Å². The maximum Gasteiger partial charge on any atom is 0.446 e. The summed E-state index contributed by atoms with van der Waals surface area (Å²) in [6, 6.07) is 4.29. The molecule has 0 spiro atoms. The number of carboxylic acids is 1. The average Bonchev–Trinajstić information content (AvgIpc) is 2.28. The molecule has 0 aliphatic heterocycles. The standard InChI is InChI=1S/C11H13NO7S/c1-7(13)12-10(11(14)15)6-8-2-4-9(5-3-8)19-20(16,17)18/h2-5,10H,6H2,1H3,(H,12,13)(H,14,15)(H,16,17,18)/t10-/m0/s1. The summed E-state index contributed by atoms with van der Waals surface area (Å²) in [5, 5.41) is 11.2. The van der Waals surface area contributed by atoms with Crippen molar-refractivity contribution in [2.75, 3.05) is 0 Å². The van der Waals surface area contributed by atoms with E-state index in [9.17, 15) is 18.0 Å². The predicted molar refractivity (Wildman–Crippen MR) is 67.6 cm³/mol. The van der Waals surface area contributed by atoms with E-state index in [1.54, 1.807) is 0 Å². The van der Waals surface area contributed by atoms with Gasteiger partial charge in [-0.3, -0.25) is 9.35 Å². The Morgan fingerprint density at radius 3 is 2.25 bits per heavy atom. The van der Waals surface area contributed by atoms with E-state index in [1.165, 1.54) is 31.2 Å². The van der Waals surface area contributed by atoms with Crippen molar-refractivity contribution >= 4 is 22.3 Å². The summed E-state index contributed by atoms with van der Waals surface area (Å²) in [7, 11) is -4.59. The number of nitrogens with one attached hydrogen (secondary N) is 1. The smallest absolute Gasteiger partial charge is 0.446 e. The summed E-state index contributed by atoms with van der Waals surface area (Å²) >= 11 is 0. The van der Waals surface area contributed by atoms with E-state index in [4.69, 9.17) is 9.66 Å². The number of hydrogen-bond donors (Lipinski definition) is 3. The monoisotopic (exact) mass is 303 g/mol. The van der Waals surface area contributed by atoms with Crippen LogP contribution in [-0.2, 0) is 26.4 Å². The van der Waals surface area contributed by atoms with Gasteiger partial charge < -0.3 is 14.6 Å². The molecular formula is C11H13NO7S. The van der Waals surface area contributed by atoms with Crippen molar-refractivity contribution in [2.45, 2.75) is 19.4 Å². The largest absolute Gasteiger partial charge is 0.480 e. The van der Waals surface area contributed by atoms with Crippen LogP contribution in [0.2, 0.25) is 0 Å². The first-order chi connectivity index (χ1) is 9.17. The number of rotatable bonds is 6. The molecule has 3 N–H and O–H groups in total. The van der Waals surface area contributed by atoms with E-state index < -0.39 is 28.3 Å². The van der Waals surface area contributed by atoms with E-state index in [2.05, 4.69) is 9.50 Å². The Morgan fingerprint density at radius 2 is 1.85 bits per heavy atom. The van der Waals surface area contributed by atoms with Crippen LogP contribution >= 0.6 is 0 Å². The van der Waals surface area contributed by atoms with Crippen molar-refractivity contribution in [2.24, 2.45) is 0 Å². The van der Waals surface area contributed by atoms with Crippen molar-refractivity contribution in [1.29, 1.82) is 0 Å². The molecule has 1 aromatic carbocycles. The molecule has 0 aliphatic rings. The molecule has 20 heavy (non-hydrogen) atoms. The third-order valence-corrected chi connectivity index (χ3v) is 2.64. The van der Waals surface area contributed by atoms with Gasteiger partial charge in [-0.05, 0) is 17.7 Å². The fraction of sp³-hybridized carbons (Fsp3) is 0.273. The van der Waals surface area contributed by atoms with Crippen LogP contribution in [0.3, 0.4) is 0 Å². The molecule has 1 amide bonds. The average molecular weight is 303 g/mol. The molecule has 1 atom stereocenters. The fourth-order valence-corrected chi connectivity index (χ4v) is 1.84. The van der Waals surface area contributed by atoms with Gasteiger partial charge in [-0.1, -0.05) is 12.1 Å². The molecule has 0 aromatic heterocycles. The SMILES string of the molecule is CC(=O)N[C@@H](Cc1ccc(OS(=O)(=O)O)cc1)C(=O)O. The Kier molecular flexibility index (Phi) is 5.06. The molecule has 0 saturated heterocycles. The zero-order valence-electron chi connectivity index (χ0n) is 10.4. The number of benzene rings is 1. The first-order valence-electron chi connectivity index (χ1n) is 5.43. The van der Waals surface area contributed by atoms with Crippen LogP contribution in [0.5, 0.6) is 5.75 Å². The highest BCUT2D eigenvalue weighted by molar-refractivity contribution is 7.81. The highest BCUT2D eigenvalue weighted by atomic mass is 32.3. The second-order valence-corrected chi connectivity index (χ2v) is 4.97. The fourth-order valence-electron chi connectivity index (χ4n) is 1.48. The van der Waals surface area contributed by atoms with Gasteiger partial charge >= 0.3 is 16.4 Å². The van der Waals surface area contributed by atoms with Crippen molar-refractivity contribution in [3.05, 3.63) is 29.8 Å². The lowest BCUT2D eigenvalue weighted by molar-refractivity contribution is -0.141. The highest BCUT2D eigenvalue weighted by Crippen LogP contribution is 2.15. The molecule has 0 bridgehead atoms. The summed E-state index contributed by atoms with van der Waals surface area (Å²) < 4.78 is 33.7. The zero-order chi connectivity index (χ0) is 15.3. The third kappa shape index (κ3) is 5.67. The van der Waals surface area contributed by atoms with E-state index in [1.807, 2.05) is 0 Å². The van der Waals surface area contributed by atoms with Crippen LogP contribution in [0.1, 0.15) is 12.5 Å². The molecule has 1 rings (SSSR count). The van der Waals surface area contributed by atoms with Crippen LogP contribution in [0, 0.1) is 0 Å². The first-order valence-corrected chi connectivity index (χ1v) is 6.79. The second-order valence-electron chi connectivity index (χ2n) is 3.95. The molecule has 1 aromatic rings. The maximum atomic E-state index is 10.9. The van der Waals surface area contributed by atoms with E-state index in [0.29, 0.717) is 5.56 Å². The lowest BCUT2D eigenvalue weighted by Gasteiger charge is -2.13. The van der Waals surface area contributed by atoms with Gasteiger partial charge in [0.2, 0.25) is 5.91 Å². The van der Waals surface area contributed by atoms with Gasteiger partial charge in [0.15, 0.2) is 0 Å². The Hall–Kier alpha value is -2.13. The zero-order valence-corrected chi connectivity index (χ0v) is 11.3. The molecule has 0 heterocycles. The maximum absolute atomic E-state index is 10.9. The van der Waals surface area contributed by atoms with Crippen molar-refractivity contribution in [1.82, 2.24) is 5.32 Å². The minimum absolute atomic E-state index is 0.0288. The van der Waals surface area contributed by atoms with Gasteiger partial charge in [0.05, 0.1) is 0 Å². The topological polar surface area (TPSA) is 130 Å². The van der Waals surface area contributed by atoms with Crippen molar-refractivity contribution in [3.63, 3.8) is 0 Å². The number of hydrogen-bond acceptors (Lipinski definition) is 5. The molecule has 0 unspecified atom stereocenters. The van der Waals surface area contributed by atoms with Crippen LogP contribution in [-0.4, -0.2) is 36.0 Å². The summed E-state index contributed by atoms with van der Waals surface area (Å²) in [4.78, 5) is 21.8. The second kappa shape index (κ2) is 6.35. The van der Waals surface area contributed by atoms with Crippen LogP contribution < -0.4 is 9.50 Å². The summed E-state index contributed by atoms with van der Waals surface area (Å²) in [6.07, 6.45) is 0.0288. The summed E-state index contributed by atoms with van der Waals surface area (Å²) in [5.74, 6) is -1.76. The Morgan fingerprint density at radius 1 is 1.30 bits per heavy atom. The molecule has 0 radical (unpaired) electrons. The number of carbonyl (C=O) groups excluding carboxylic acids is 1. The molecule has 8 nitrogen and oxygen atoms in total. The molecular weight excluding hydrogens is 290 g/mol. The van der Waals surface area contributed by atoms with Crippen LogP contribution in [0.25, 0.3) is 0 Å². The van der Waals surface area contributed by atoms with Crippen molar-refractivity contribution < 1.29 is 31.8 Å². The molecule has 0 aliphatic carbocycles. The van der Waals surface area contributed by atoms with E-state index in [0.717, 1.165) is 0 Å². The number of aliphatic carboxylic acids is 1. The van der Waals surface area contributed by atoms with E-state index >= 15 is 0 Å². The normalized spacial score (nSPS) is 12.5. The molecule has 9 heteroatoms. The lowest BCUT2D eigenvalue weighted by Crippen LogP contribution is -2.41. The number of carboxylic acid groups (broad SMARTS) is 1. The van der Waals surface area contributed by atoms with Gasteiger partial charge in [0.25, 0.3) is 0 Å². The van der Waals surface area contributed by atoms with Crippen LogP contribution in [0.4, 0.5) is 0 Å². The summed E-state index contributed by atoms with van der Waals surface area (Å²) in [5.41, 5.74) is 0.550. The van der Waals surface area contributed by atoms with Crippen molar-refractivity contribution in [3.8, 4) is 5.75 Å². The van der Waals surface area contributed by atoms with Gasteiger partial charge in [-0.25, -0.2) is 4.79 Å². The first kappa shape index (κ1) is 15.9. The lowest BCUT2D eigenvalue weighted by atomic mass is 10.1. The quantitative estimate of drug-likeness (QED) is 0.630. The molecule has 0 saturated carbocycles. The third-order valence-electron chi connectivity index (χ3n) is 2.24. The number of carbonyl (C=O) groups is 2. The summed E-state index contributed by atoms with van der Waals surface area (Å²) in [6.45, 7) is 1.21. The highest BCUT2D eigenvalue weighted by Gasteiger charge is 2.18. The van der Waals surface area contributed by atoms with Gasteiger partial charge in [0, 0.05) is 13.3 Å². The predicted octanol–water partition coefficient (Wildman–Crippen LogP) is -0.000000000000000500. The Labute approximate surface area is 115 Å². The Bertz CT molecular complexity index is 594. The molecule has 110 valence electrons. The van der Waals surface area contributed by atoms with Gasteiger partial charge in [-0.15, -0.1) is 0 Å². The minimum Gasteiger partial charge on any atom is -0.480 e.